The molecule has 1 unspecified atom stereocenters. The van der Waals surface area contributed by atoms with Gasteiger partial charge in [-0.05, 0) is 47.4 Å². The van der Waals surface area contributed by atoms with Crippen molar-refractivity contribution in [1.82, 2.24) is 10.6 Å². The number of ether oxygens (including phenoxy) is 1. The van der Waals surface area contributed by atoms with Crippen LogP contribution in [0.3, 0.4) is 0 Å². The number of aliphatic carboxylic acids is 1. The van der Waals surface area contributed by atoms with E-state index in [9.17, 15) is 19.5 Å². The van der Waals surface area contributed by atoms with Gasteiger partial charge in [0.1, 0.15) is 6.61 Å². The molecule has 3 rings (SSSR count). The predicted molar refractivity (Wildman–Crippen MR) is 132 cm³/mol. The van der Waals surface area contributed by atoms with E-state index in [2.05, 4.69) is 34.9 Å². The van der Waals surface area contributed by atoms with Gasteiger partial charge in [-0.2, -0.15) is 0 Å². The lowest BCUT2D eigenvalue weighted by molar-refractivity contribution is -0.148. The summed E-state index contributed by atoms with van der Waals surface area (Å²) in [5.41, 5.74) is 2.68. The maximum atomic E-state index is 12.4. The predicted octanol–water partition coefficient (Wildman–Crippen LogP) is 3.67. The van der Waals surface area contributed by atoms with E-state index < -0.39 is 30.1 Å². The highest BCUT2D eigenvalue weighted by Gasteiger charge is 2.34. The molecule has 8 nitrogen and oxygen atoms in total. The van der Waals surface area contributed by atoms with E-state index in [-0.39, 0.29) is 24.4 Å². The average molecular weight is 483 g/mol. The maximum Gasteiger partial charge on any atom is 0.407 e. The largest absolute Gasteiger partial charge is 0.479 e. The minimum absolute atomic E-state index is 0.00138. The Morgan fingerprint density at radius 2 is 1.51 bits per heavy atom. The lowest BCUT2D eigenvalue weighted by Crippen LogP contribution is -2.55. The summed E-state index contributed by atoms with van der Waals surface area (Å²) >= 11 is 0. The van der Waals surface area contributed by atoms with Crippen LogP contribution in [0.1, 0.15) is 57.1 Å². The van der Waals surface area contributed by atoms with Gasteiger partial charge in [0.2, 0.25) is 5.91 Å². The average Bonchev–Trinajstić information content (AvgIpc) is 3.15. The molecule has 1 atom stereocenters. The minimum atomic E-state index is -1.70. The summed E-state index contributed by atoms with van der Waals surface area (Å²) in [5, 5.41) is 23.6. The topological polar surface area (TPSA) is 125 Å². The molecule has 0 radical (unpaired) electrons. The number of hydrogen-bond acceptors (Lipinski definition) is 5. The summed E-state index contributed by atoms with van der Waals surface area (Å²) in [7, 11) is 0. The molecule has 35 heavy (non-hydrogen) atoms. The third-order valence-electron chi connectivity index (χ3n) is 6.65. The molecule has 0 spiro atoms. The van der Waals surface area contributed by atoms with Crippen molar-refractivity contribution in [2.24, 2.45) is 5.41 Å². The molecule has 4 N–H and O–H groups in total. The molecule has 1 aliphatic carbocycles. The fourth-order valence-corrected chi connectivity index (χ4v) is 4.26. The lowest BCUT2D eigenvalue weighted by atomic mass is 9.84. The van der Waals surface area contributed by atoms with Crippen LogP contribution >= 0.6 is 0 Å². The number of carboxylic acid groups (broad SMARTS) is 1. The SMILES string of the molecule is CC(C)(CCNC(=O)OCC1c2ccccc2-c2ccccc21)CCC(=O)NC(C)(CO)C(=O)O. The standard InChI is InChI=1S/C27H34N2O6/c1-26(2,13-12-23(31)29-27(3,17-30)24(32)33)14-15-28-25(34)35-16-22-20-10-6-4-8-18(20)19-9-5-7-11-21(19)22/h4-11,22,30H,12-17H2,1-3H3,(H,28,34)(H,29,31)(H,32,33). The number of carboxylic acids is 1. The molecule has 8 heteroatoms. The Morgan fingerprint density at radius 3 is 2.06 bits per heavy atom. The first-order valence-electron chi connectivity index (χ1n) is 11.8. The first-order valence-corrected chi connectivity index (χ1v) is 11.8. The second-order valence-electron chi connectivity index (χ2n) is 10.0. The zero-order valence-corrected chi connectivity index (χ0v) is 20.5. The number of aliphatic hydroxyl groups is 1. The smallest absolute Gasteiger partial charge is 0.407 e. The highest BCUT2D eigenvalue weighted by molar-refractivity contribution is 5.86. The Balaban J connectivity index is 1.43. The molecule has 2 amide bonds. The van der Waals surface area contributed by atoms with Gasteiger partial charge in [0, 0.05) is 18.9 Å². The molecule has 0 saturated carbocycles. The van der Waals surface area contributed by atoms with E-state index in [1.54, 1.807) is 0 Å². The number of fused-ring (bicyclic) bond motifs is 3. The normalized spacial score (nSPS) is 14.4. The summed E-state index contributed by atoms with van der Waals surface area (Å²) in [4.78, 5) is 35.7. The van der Waals surface area contributed by atoms with Crippen LogP contribution in [-0.4, -0.2) is 53.5 Å². The summed E-state index contributed by atoms with van der Waals surface area (Å²) < 4.78 is 5.55. The Hall–Kier alpha value is -3.39. The van der Waals surface area contributed by atoms with Crippen LogP contribution in [0.2, 0.25) is 0 Å². The van der Waals surface area contributed by atoms with E-state index in [1.807, 2.05) is 38.1 Å². The Morgan fingerprint density at radius 1 is 0.943 bits per heavy atom. The lowest BCUT2D eigenvalue weighted by Gasteiger charge is -2.27. The number of hydrogen-bond donors (Lipinski definition) is 4. The fourth-order valence-electron chi connectivity index (χ4n) is 4.26. The van der Waals surface area contributed by atoms with E-state index in [1.165, 1.54) is 18.1 Å². The summed E-state index contributed by atoms with van der Waals surface area (Å²) in [6.07, 6.45) is 0.731. The van der Waals surface area contributed by atoms with Crippen molar-refractivity contribution in [2.45, 2.75) is 51.5 Å². The number of benzene rings is 2. The molecule has 0 aromatic heterocycles. The van der Waals surface area contributed by atoms with Gasteiger partial charge in [-0.15, -0.1) is 0 Å². The maximum absolute atomic E-state index is 12.4. The van der Waals surface area contributed by atoms with Crippen LogP contribution < -0.4 is 10.6 Å². The number of amides is 2. The number of carbonyl (C=O) groups excluding carboxylic acids is 2. The van der Waals surface area contributed by atoms with E-state index >= 15 is 0 Å². The molecule has 0 aliphatic heterocycles. The van der Waals surface area contributed by atoms with Gasteiger partial charge in [0.15, 0.2) is 5.54 Å². The van der Waals surface area contributed by atoms with Gasteiger partial charge < -0.3 is 25.6 Å². The van der Waals surface area contributed by atoms with Crippen molar-refractivity contribution in [3.05, 3.63) is 59.7 Å². The quantitative estimate of drug-likeness (QED) is 0.387. The van der Waals surface area contributed by atoms with E-state index in [4.69, 9.17) is 9.84 Å². The molecule has 0 fully saturated rings. The van der Waals surface area contributed by atoms with Crippen molar-refractivity contribution >= 4 is 18.0 Å². The third kappa shape index (κ3) is 6.39. The number of nitrogens with one attached hydrogen (secondary N) is 2. The molecular weight excluding hydrogens is 448 g/mol. The fraction of sp³-hybridized carbons (Fsp3) is 0.444. The molecule has 2 aromatic rings. The first-order chi connectivity index (χ1) is 16.6. The van der Waals surface area contributed by atoms with Crippen LogP contribution in [0.25, 0.3) is 11.1 Å². The second kappa shape index (κ2) is 10.9. The molecule has 0 bridgehead atoms. The van der Waals surface area contributed by atoms with Crippen molar-refractivity contribution in [1.29, 1.82) is 0 Å². The Bertz CT molecular complexity index is 1040. The van der Waals surface area contributed by atoms with Gasteiger partial charge in [-0.3, -0.25) is 4.79 Å². The molecule has 188 valence electrons. The molecule has 2 aromatic carbocycles. The zero-order chi connectivity index (χ0) is 25.6. The van der Waals surface area contributed by atoms with Gasteiger partial charge in [-0.25, -0.2) is 9.59 Å². The Labute approximate surface area is 205 Å². The van der Waals surface area contributed by atoms with Gasteiger partial charge >= 0.3 is 12.1 Å². The van der Waals surface area contributed by atoms with Crippen molar-refractivity contribution in [3.8, 4) is 11.1 Å². The second-order valence-corrected chi connectivity index (χ2v) is 10.0. The monoisotopic (exact) mass is 482 g/mol. The highest BCUT2D eigenvalue weighted by Crippen LogP contribution is 2.44. The number of aliphatic hydroxyl groups excluding tert-OH is 1. The molecule has 1 aliphatic rings. The third-order valence-corrected chi connectivity index (χ3v) is 6.65. The summed E-state index contributed by atoms with van der Waals surface area (Å²) in [5.74, 6) is -1.74. The van der Waals surface area contributed by atoms with Crippen LogP contribution in [0.15, 0.2) is 48.5 Å². The van der Waals surface area contributed by atoms with Crippen LogP contribution in [0.5, 0.6) is 0 Å². The van der Waals surface area contributed by atoms with Crippen LogP contribution in [0.4, 0.5) is 4.79 Å². The van der Waals surface area contributed by atoms with Gasteiger partial charge in [-0.1, -0.05) is 62.4 Å². The zero-order valence-electron chi connectivity index (χ0n) is 20.5. The van der Waals surface area contributed by atoms with Crippen LogP contribution in [0, 0.1) is 5.41 Å². The van der Waals surface area contributed by atoms with Crippen molar-refractivity contribution in [2.75, 3.05) is 19.8 Å². The van der Waals surface area contributed by atoms with E-state index in [0.29, 0.717) is 19.4 Å². The van der Waals surface area contributed by atoms with Gasteiger partial charge in [0.25, 0.3) is 0 Å². The minimum Gasteiger partial charge on any atom is -0.479 e. The first kappa shape index (κ1) is 26.2. The number of rotatable bonds is 11. The Kier molecular flexibility index (Phi) is 8.17. The molecule has 0 heterocycles. The van der Waals surface area contributed by atoms with Crippen LogP contribution in [-0.2, 0) is 14.3 Å². The van der Waals surface area contributed by atoms with Gasteiger partial charge in [0.05, 0.1) is 6.61 Å². The molecular formula is C27H34N2O6. The number of carbonyl (C=O) groups is 3. The van der Waals surface area contributed by atoms with E-state index in [0.717, 1.165) is 11.1 Å². The summed E-state index contributed by atoms with van der Waals surface area (Å²) in [6, 6.07) is 16.3. The summed E-state index contributed by atoms with van der Waals surface area (Å²) in [6.45, 7) is 5.15. The highest BCUT2D eigenvalue weighted by atomic mass is 16.5. The molecule has 0 saturated heterocycles. The number of alkyl carbamates (subject to hydrolysis) is 1. The van der Waals surface area contributed by atoms with Crippen molar-refractivity contribution < 1.29 is 29.3 Å². The van der Waals surface area contributed by atoms with Crippen molar-refractivity contribution in [3.63, 3.8) is 0 Å².